The number of rotatable bonds is 0. The predicted molar refractivity (Wildman–Crippen MR) is 10.8 cm³/mol. The molecule has 0 radical (unpaired) electrons. The monoisotopic (exact) mass is 150 g/mol. The molecule has 0 amide bonds. The second-order valence-corrected chi connectivity index (χ2v) is 0. The van der Waals surface area contributed by atoms with E-state index in [1.54, 1.807) is 0 Å². The van der Waals surface area contributed by atoms with Crippen LogP contribution >= 0.6 is 0 Å². The predicted octanol–water partition coefficient (Wildman–Crippen LogP) is -15.1. The molecule has 0 nitrogen and oxygen atoms in total. The van der Waals surface area contributed by atoms with Crippen molar-refractivity contribution in [1.82, 2.24) is 0 Å². The fourth-order valence-electron chi connectivity index (χ4n) is 0. The van der Waals surface area contributed by atoms with Gasteiger partial charge in [0.15, 0.2) is 0 Å². The summed E-state index contributed by atoms with van der Waals surface area (Å²) < 4.78 is 0. The van der Waals surface area contributed by atoms with Crippen molar-refractivity contribution in [2.45, 2.75) is 0 Å². The van der Waals surface area contributed by atoms with Gasteiger partial charge in [0.1, 0.15) is 0 Å². The first kappa shape index (κ1) is 1030. The van der Waals surface area contributed by atoms with Crippen LogP contribution in [0.1, 0.15) is 0 Å². The number of halogens is 6. The number of hydrogen-bond donors (Lipinski definition) is 0. The Bertz CT molecular complexity index is 8.49. The molecule has 0 fully saturated rings. The summed E-state index contributed by atoms with van der Waals surface area (Å²) in [6.45, 7) is 0. The second kappa shape index (κ2) is 689. The summed E-state index contributed by atoms with van der Waals surface area (Å²) in [5.74, 6) is 0. The maximum absolute atomic E-state index is 0. The molecular formula is H2AlF6Li. The van der Waals surface area contributed by atoms with Crippen molar-refractivity contribution in [2.24, 2.45) is 0 Å². The van der Waals surface area contributed by atoms with Crippen LogP contribution in [0.3, 0.4) is 0 Å². The molecule has 0 aliphatic carbocycles. The zero-order chi connectivity index (χ0) is 0. The molecule has 0 aromatic rings. The molecule has 0 aliphatic heterocycles. The van der Waals surface area contributed by atoms with E-state index in [1.807, 2.05) is 0 Å². The first-order valence-corrected chi connectivity index (χ1v) is 0. The van der Waals surface area contributed by atoms with E-state index >= 15 is 0 Å². The topological polar surface area (TPSA) is 0 Å². The van der Waals surface area contributed by atoms with Crippen LogP contribution in [0.15, 0.2) is 0 Å². The molecule has 0 unspecified atom stereocenters. The Balaban J connectivity index is 0. The molecule has 8 heteroatoms. The quantitative estimate of drug-likeness (QED) is 0.237. The van der Waals surface area contributed by atoms with E-state index in [9.17, 15) is 0 Å². The van der Waals surface area contributed by atoms with E-state index in [-0.39, 0.29) is 64.4 Å². The summed E-state index contributed by atoms with van der Waals surface area (Å²) >= 11 is 0. The van der Waals surface area contributed by atoms with Gasteiger partial charge in [0.05, 0.1) is 0 Å². The second-order valence-electron chi connectivity index (χ2n) is 0. The van der Waals surface area contributed by atoms with Crippen molar-refractivity contribution >= 4 is 17.4 Å². The van der Waals surface area contributed by atoms with Crippen molar-refractivity contribution in [3.05, 3.63) is 0 Å². The average Bonchev–Trinajstić information content (AvgIpc) is 0. The largest absolute Gasteiger partial charge is 3.00 e. The third-order valence-corrected chi connectivity index (χ3v) is 0. The zero-order valence-electron chi connectivity index (χ0n) is 3.91. The molecular weight excluding hydrogens is 148 g/mol. The van der Waals surface area contributed by atoms with Gasteiger partial charge in [-0.25, -0.2) is 0 Å². The summed E-state index contributed by atoms with van der Waals surface area (Å²) in [6.07, 6.45) is 0. The van der Waals surface area contributed by atoms with Crippen LogP contribution < -0.4 is 37.7 Å². The van der Waals surface area contributed by atoms with Gasteiger partial charge in [0.2, 0.25) is 0 Å². The van der Waals surface area contributed by atoms with Crippen molar-refractivity contribution in [3.8, 4) is 0 Å². The Kier molecular flexibility index (Phi) is 88500. The fraction of sp³-hybridized carbons (Fsp3) is 0. The standard InChI is InChI=1S/Al.6FH.Li/h;6*1H;/q+3;;;;;;;+1/p-4. The van der Waals surface area contributed by atoms with Crippen molar-refractivity contribution < 1.29 is 47.1 Å². The molecule has 0 atom stereocenters. The molecule has 0 aliphatic rings. The van der Waals surface area contributed by atoms with Gasteiger partial charge in [-0.3, -0.25) is 9.41 Å². The van der Waals surface area contributed by atoms with Gasteiger partial charge < -0.3 is 18.8 Å². The van der Waals surface area contributed by atoms with E-state index in [0.717, 1.165) is 0 Å². The average molecular weight is 150 g/mol. The minimum atomic E-state index is 0. The van der Waals surface area contributed by atoms with E-state index in [1.165, 1.54) is 0 Å². The van der Waals surface area contributed by atoms with E-state index < -0.39 is 0 Å². The Labute approximate surface area is 64.9 Å². The summed E-state index contributed by atoms with van der Waals surface area (Å²) in [6, 6.07) is 0. The summed E-state index contributed by atoms with van der Waals surface area (Å²) in [4.78, 5) is 0. The molecule has 0 aromatic carbocycles. The molecule has 0 N–H and O–H groups in total. The number of hydrogen-bond acceptors (Lipinski definition) is 0. The molecule has 0 rings (SSSR count). The first-order chi connectivity index (χ1) is 0. The third kappa shape index (κ3) is 434. The minimum absolute atomic E-state index is 0. The van der Waals surface area contributed by atoms with Crippen LogP contribution in [0, 0.1) is 0 Å². The van der Waals surface area contributed by atoms with Gasteiger partial charge in [0, 0.05) is 0 Å². The van der Waals surface area contributed by atoms with Gasteiger partial charge in [-0.15, -0.1) is 0 Å². The van der Waals surface area contributed by atoms with Gasteiger partial charge in [-0.1, -0.05) is 0 Å². The van der Waals surface area contributed by atoms with Crippen LogP contribution in [0.2, 0.25) is 0 Å². The zero-order valence-corrected chi connectivity index (χ0v) is 5.06. The van der Waals surface area contributed by atoms with Gasteiger partial charge >= 0.3 is 36.2 Å². The Morgan fingerprint density at radius 1 is 0.500 bits per heavy atom. The van der Waals surface area contributed by atoms with Crippen molar-refractivity contribution in [3.63, 3.8) is 0 Å². The summed E-state index contributed by atoms with van der Waals surface area (Å²) in [5, 5.41) is 0. The maximum Gasteiger partial charge on any atom is 3.00 e. The third-order valence-electron chi connectivity index (χ3n) is 0. The molecule has 8 heavy (non-hydrogen) atoms. The smallest absolute Gasteiger partial charge is 1.00 e. The molecule has 0 saturated heterocycles. The van der Waals surface area contributed by atoms with Crippen LogP contribution in [-0.2, 0) is 0 Å². The normalized spacial score (nSPS) is 0. The molecule has 0 heterocycles. The summed E-state index contributed by atoms with van der Waals surface area (Å²) in [5.41, 5.74) is 0. The van der Waals surface area contributed by atoms with Gasteiger partial charge in [0.25, 0.3) is 0 Å². The van der Waals surface area contributed by atoms with Crippen LogP contribution in [0.25, 0.3) is 0 Å². The Morgan fingerprint density at radius 3 is 0.500 bits per heavy atom. The van der Waals surface area contributed by atoms with E-state index in [4.69, 9.17) is 0 Å². The fourth-order valence-corrected chi connectivity index (χ4v) is 0. The van der Waals surface area contributed by atoms with Gasteiger partial charge in [-0.05, 0) is 0 Å². The molecule has 0 saturated carbocycles. The van der Waals surface area contributed by atoms with Crippen molar-refractivity contribution in [2.75, 3.05) is 0 Å². The van der Waals surface area contributed by atoms with Gasteiger partial charge in [-0.2, -0.15) is 0 Å². The molecule has 0 aromatic heterocycles. The van der Waals surface area contributed by atoms with E-state index in [2.05, 4.69) is 0 Å². The maximum atomic E-state index is 0. The molecule has 0 bridgehead atoms. The van der Waals surface area contributed by atoms with Crippen LogP contribution in [-0.4, -0.2) is 17.4 Å². The SMILES string of the molecule is F.F.[Al+3].[F-].[F-].[F-].[F-].[Li+]. The van der Waals surface area contributed by atoms with Crippen LogP contribution in [0.5, 0.6) is 0 Å². The first-order valence-electron chi connectivity index (χ1n) is 0. The van der Waals surface area contributed by atoms with E-state index in [0.29, 0.717) is 0 Å². The minimum Gasteiger partial charge on any atom is -1.00 e. The molecule has 0 spiro atoms. The Morgan fingerprint density at radius 2 is 0.500 bits per heavy atom. The van der Waals surface area contributed by atoms with Crippen molar-refractivity contribution in [1.29, 1.82) is 0 Å². The van der Waals surface area contributed by atoms with Crippen LogP contribution in [0.4, 0.5) is 9.41 Å². The summed E-state index contributed by atoms with van der Waals surface area (Å²) in [7, 11) is 0. The Hall–Kier alpha value is 0.710. The molecule has 48 valence electrons.